The Kier molecular flexibility index (Phi) is 3.64. The highest BCUT2D eigenvalue weighted by molar-refractivity contribution is 7.10. The predicted molar refractivity (Wildman–Crippen MR) is 65.6 cm³/mol. The highest BCUT2D eigenvalue weighted by atomic mass is 32.1. The van der Waals surface area contributed by atoms with Gasteiger partial charge in [-0.1, -0.05) is 6.07 Å². The van der Waals surface area contributed by atoms with E-state index in [1.165, 1.54) is 4.88 Å². The zero-order valence-electron chi connectivity index (χ0n) is 10.0. The molecule has 1 aromatic rings. The molecule has 0 aliphatic carbocycles. The quantitative estimate of drug-likeness (QED) is 0.882. The Labute approximate surface area is 101 Å². The van der Waals surface area contributed by atoms with Crippen LogP contribution in [0.3, 0.4) is 0 Å². The van der Waals surface area contributed by atoms with Crippen LogP contribution in [0, 0.1) is 0 Å². The highest BCUT2D eigenvalue weighted by Gasteiger charge is 2.28. The van der Waals surface area contributed by atoms with Crippen LogP contribution in [0.15, 0.2) is 17.5 Å². The summed E-state index contributed by atoms with van der Waals surface area (Å²) < 4.78 is 11.2. The molecule has 16 heavy (non-hydrogen) atoms. The van der Waals surface area contributed by atoms with Crippen molar-refractivity contribution in [2.24, 2.45) is 0 Å². The van der Waals surface area contributed by atoms with Crippen LogP contribution in [0.1, 0.15) is 31.7 Å². The molecule has 2 heterocycles. The van der Waals surface area contributed by atoms with Gasteiger partial charge in [0.05, 0.1) is 19.3 Å². The molecule has 0 amide bonds. The van der Waals surface area contributed by atoms with Crippen molar-refractivity contribution in [1.82, 2.24) is 5.32 Å². The van der Waals surface area contributed by atoms with Crippen LogP contribution in [0.25, 0.3) is 0 Å². The summed E-state index contributed by atoms with van der Waals surface area (Å²) >= 11 is 1.78. The predicted octanol–water partition coefficient (Wildman–Crippen LogP) is 2.55. The van der Waals surface area contributed by atoms with E-state index >= 15 is 0 Å². The van der Waals surface area contributed by atoms with Gasteiger partial charge in [-0.25, -0.2) is 0 Å². The Bertz CT molecular complexity index is 314. The molecule has 1 atom stereocenters. The lowest BCUT2D eigenvalue weighted by Gasteiger charge is -2.36. The fourth-order valence-electron chi connectivity index (χ4n) is 1.76. The third-order valence-electron chi connectivity index (χ3n) is 2.72. The highest BCUT2D eigenvalue weighted by Crippen LogP contribution is 2.21. The van der Waals surface area contributed by atoms with Crippen molar-refractivity contribution in [2.45, 2.75) is 38.6 Å². The van der Waals surface area contributed by atoms with Crippen molar-refractivity contribution in [3.05, 3.63) is 22.4 Å². The van der Waals surface area contributed by atoms with Crippen LogP contribution in [0.5, 0.6) is 0 Å². The van der Waals surface area contributed by atoms with E-state index in [0.717, 1.165) is 0 Å². The number of ether oxygens (including phenoxy) is 2. The van der Waals surface area contributed by atoms with E-state index in [-0.39, 0.29) is 6.04 Å². The number of thiophene rings is 1. The maximum atomic E-state index is 5.61. The van der Waals surface area contributed by atoms with Crippen molar-refractivity contribution >= 4 is 11.3 Å². The zero-order chi connectivity index (χ0) is 11.6. The van der Waals surface area contributed by atoms with E-state index < -0.39 is 5.79 Å². The van der Waals surface area contributed by atoms with Gasteiger partial charge >= 0.3 is 0 Å². The smallest absolute Gasteiger partial charge is 0.162 e. The Morgan fingerprint density at radius 1 is 1.44 bits per heavy atom. The summed E-state index contributed by atoms with van der Waals surface area (Å²) in [5.74, 6) is -0.426. The number of rotatable bonds is 3. The average molecular weight is 241 g/mol. The van der Waals surface area contributed by atoms with Crippen LogP contribution >= 0.6 is 11.3 Å². The fraction of sp³-hybridized carbons (Fsp3) is 0.667. The molecule has 2 rings (SSSR count). The summed E-state index contributed by atoms with van der Waals surface area (Å²) in [6, 6.07) is 4.87. The molecular formula is C12H19NO2S. The second-order valence-corrected chi connectivity index (χ2v) is 5.60. The summed E-state index contributed by atoms with van der Waals surface area (Å²) in [5.41, 5.74) is 0. The molecule has 0 bridgehead atoms. The molecule has 0 spiro atoms. The number of hydrogen-bond acceptors (Lipinski definition) is 4. The Balaban J connectivity index is 1.83. The minimum atomic E-state index is -0.426. The van der Waals surface area contributed by atoms with E-state index in [4.69, 9.17) is 9.47 Å². The molecule has 1 aromatic heterocycles. The van der Waals surface area contributed by atoms with Crippen molar-refractivity contribution < 1.29 is 9.47 Å². The summed E-state index contributed by atoms with van der Waals surface area (Å²) in [6.45, 7) is 7.49. The van der Waals surface area contributed by atoms with Gasteiger partial charge in [0, 0.05) is 10.9 Å². The Morgan fingerprint density at radius 2 is 2.12 bits per heavy atom. The van der Waals surface area contributed by atoms with Gasteiger partial charge in [-0.2, -0.15) is 0 Å². The van der Waals surface area contributed by atoms with Gasteiger partial charge in [0.2, 0.25) is 0 Å². The van der Waals surface area contributed by atoms with Crippen LogP contribution < -0.4 is 5.32 Å². The van der Waals surface area contributed by atoms with Gasteiger partial charge in [-0.05, 0) is 32.2 Å². The molecule has 1 saturated heterocycles. The molecule has 1 aliphatic heterocycles. The lowest BCUT2D eigenvalue weighted by atomic mass is 10.2. The molecule has 0 unspecified atom stereocenters. The summed E-state index contributed by atoms with van der Waals surface area (Å²) in [5, 5.41) is 5.62. The fourth-order valence-corrected chi connectivity index (χ4v) is 2.51. The van der Waals surface area contributed by atoms with Gasteiger partial charge < -0.3 is 14.8 Å². The summed E-state index contributed by atoms with van der Waals surface area (Å²) in [4.78, 5) is 1.35. The van der Waals surface area contributed by atoms with E-state index in [1.54, 1.807) is 11.3 Å². The molecule has 0 radical (unpaired) electrons. The molecule has 1 fully saturated rings. The third-order valence-corrected chi connectivity index (χ3v) is 3.77. The molecule has 3 nitrogen and oxygen atoms in total. The summed E-state index contributed by atoms with van der Waals surface area (Å²) in [7, 11) is 0. The lowest BCUT2D eigenvalue weighted by Crippen LogP contribution is -2.49. The first-order valence-electron chi connectivity index (χ1n) is 5.64. The van der Waals surface area contributed by atoms with Crippen LogP contribution in [-0.2, 0) is 9.47 Å². The number of hydrogen-bond donors (Lipinski definition) is 1. The minimum absolute atomic E-state index is 0.283. The summed E-state index contributed by atoms with van der Waals surface area (Å²) in [6.07, 6.45) is 0. The van der Waals surface area contributed by atoms with Gasteiger partial charge in [0.1, 0.15) is 0 Å². The van der Waals surface area contributed by atoms with E-state index in [0.29, 0.717) is 19.3 Å². The second kappa shape index (κ2) is 4.84. The van der Waals surface area contributed by atoms with Gasteiger partial charge in [-0.15, -0.1) is 11.3 Å². The van der Waals surface area contributed by atoms with Crippen molar-refractivity contribution in [3.8, 4) is 0 Å². The molecular weight excluding hydrogens is 222 g/mol. The first kappa shape index (κ1) is 12.0. The SMILES string of the molecule is C[C@@H](NC1COC(C)(C)OC1)c1cccs1. The molecule has 1 aliphatic rings. The van der Waals surface area contributed by atoms with Gasteiger partial charge in [0.25, 0.3) is 0 Å². The first-order chi connectivity index (χ1) is 7.57. The average Bonchev–Trinajstić information content (AvgIpc) is 2.74. The zero-order valence-corrected chi connectivity index (χ0v) is 10.8. The minimum Gasteiger partial charge on any atom is -0.349 e. The van der Waals surface area contributed by atoms with Crippen molar-refractivity contribution in [2.75, 3.05) is 13.2 Å². The van der Waals surface area contributed by atoms with E-state index in [1.807, 2.05) is 13.8 Å². The van der Waals surface area contributed by atoms with Crippen molar-refractivity contribution in [1.29, 1.82) is 0 Å². The number of nitrogens with one attached hydrogen (secondary N) is 1. The Morgan fingerprint density at radius 3 is 2.69 bits per heavy atom. The molecule has 0 saturated carbocycles. The first-order valence-corrected chi connectivity index (χ1v) is 6.52. The van der Waals surface area contributed by atoms with Crippen molar-refractivity contribution in [3.63, 3.8) is 0 Å². The van der Waals surface area contributed by atoms with Gasteiger partial charge in [0.15, 0.2) is 5.79 Å². The lowest BCUT2D eigenvalue weighted by molar-refractivity contribution is -0.253. The third kappa shape index (κ3) is 3.04. The monoisotopic (exact) mass is 241 g/mol. The van der Waals surface area contributed by atoms with Crippen LogP contribution in [-0.4, -0.2) is 25.0 Å². The van der Waals surface area contributed by atoms with Crippen LogP contribution in [0.2, 0.25) is 0 Å². The standard InChI is InChI=1S/C12H19NO2S/c1-9(11-5-4-6-16-11)13-10-7-14-12(2,3)15-8-10/h4-6,9-10,13H,7-8H2,1-3H3/t9-/m1/s1. The van der Waals surface area contributed by atoms with Crippen LogP contribution in [0.4, 0.5) is 0 Å². The maximum absolute atomic E-state index is 5.61. The second-order valence-electron chi connectivity index (χ2n) is 4.62. The van der Waals surface area contributed by atoms with E-state index in [9.17, 15) is 0 Å². The maximum Gasteiger partial charge on any atom is 0.162 e. The molecule has 0 aromatic carbocycles. The molecule has 4 heteroatoms. The van der Waals surface area contributed by atoms with Gasteiger partial charge in [-0.3, -0.25) is 0 Å². The Hall–Kier alpha value is -0.420. The largest absolute Gasteiger partial charge is 0.349 e. The molecule has 1 N–H and O–H groups in total. The molecule has 90 valence electrons. The topological polar surface area (TPSA) is 30.5 Å². The normalized spacial score (nSPS) is 23.2. The van der Waals surface area contributed by atoms with E-state index in [2.05, 4.69) is 29.8 Å².